The number of nitrogens with zero attached hydrogens (tertiary/aromatic N) is 4. The summed E-state index contributed by atoms with van der Waals surface area (Å²) in [7, 11) is 0. The summed E-state index contributed by atoms with van der Waals surface area (Å²) in [6.07, 6.45) is 6.19. The molecule has 1 amide bonds. The van der Waals surface area contributed by atoms with E-state index in [0.29, 0.717) is 37.0 Å². The minimum absolute atomic E-state index is 0.134. The highest BCUT2D eigenvalue weighted by Gasteiger charge is 2.19. The zero-order valence-electron chi connectivity index (χ0n) is 19.2. The number of aromatic nitrogens is 3. The van der Waals surface area contributed by atoms with Gasteiger partial charge in [0, 0.05) is 25.8 Å². The molecular weight excluding hydrogens is 438 g/mol. The molecule has 1 saturated heterocycles. The summed E-state index contributed by atoms with van der Waals surface area (Å²) >= 11 is 1.52. The normalized spacial score (nSPS) is 13.7. The molecule has 0 unspecified atom stereocenters. The van der Waals surface area contributed by atoms with Gasteiger partial charge in [-0.05, 0) is 69.4 Å². The summed E-state index contributed by atoms with van der Waals surface area (Å²) in [4.78, 5) is 15.2. The molecule has 0 saturated carbocycles. The molecular formula is C24H31N5O3S. The van der Waals surface area contributed by atoms with Crippen LogP contribution in [0.25, 0.3) is 5.13 Å². The van der Waals surface area contributed by atoms with Crippen LogP contribution in [-0.2, 0) is 6.42 Å². The minimum atomic E-state index is -0.134. The number of benzene rings is 1. The molecule has 0 atom stereocenters. The maximum Gasteiger partial charge on any atom is 0.268 e. The van der Waals surface area contributed by atoms with E-state index in [9.17, 15) is 4.79 Å². The minimum Gasteiger partial charge on any atom is -0.490 e. The Morgan fingerprint density at radius 2 is 1.79 bits per heavy atom. The molecule has 1 aliphatic rings. The molecule has 0 spiro atoms. The third-order valence-electron chi connectivity index (χ3n) is 5.52. The lowest BCUT2D eigenvalue weighted by atomic mass is 10.1. The second-order valence-corrected chi connectivity index (χ2v) is 8.77. The van der Waals surface area contributed by atoms with Crippen molar-refractivity contribution in [1.82, 2.24) is 20.1 Å². The topological polar surface area (TPSA) is 81.5 Å². The predicted octanol–water partition coefficient (Wildman–Crippen LogP) is 4.09. The first-order valence-electron chi connectivity index (χ1n) is 11.6. The van der Waals surface area contributed by atoms with E-state index in [2.05, 4.69) is 20.4 Å². The van der Waals surface area contributed by atoms with Gasteiger partial charge in [-0.3, -0.25) is 9.36 Å². The van der Waals surface area contributed by atoms with Crippen molar-refractivity contribution < 1.29 is 14.3 Å². The first-order chi connectivity index (χ1) is 16.2. The van der Waals surface area contributed by atoms with Gasteiger partial charge in [0.05, 0.1) is 13.2 Å². The van der Waals surface area contributed by atoms with Crippen molar-refractivity contribution in [2.24, 2.45) is 0 Å². The number of carbonyl (C=O) groups is 1. The third-order valence-corrected chi connectivity index (χ3v) is 6.51. The fourth-order valence-corrected chi connectivity index (χ4v) is 4.81. The van der Waals surface area contributed by atoms with Crippen molar-refractivity contribution in [3.63, 3.8) is 0 Å². The number of hydrogen-bond donors (Lipinski definition) is 1. The highest BCUT2D eigenvalue weighted by atomic mass is 32.1. The monoisotopic (exact) mass is 469 g/mol. The average molecular weight is 470 g/mol. The van der Waals surface area contributed by atoms with Crippen LogP contribution in [0.5, 0.6) is 11.5 Å². The van der Waals surface area contributed by atoms with Crippen LogP contribution in [0.3, 0.4) is 0 Å². The molecule has 2 aromatic heterocycles. The maximum absolute atomic E-state index is 12.9. The summed E-state index contributed by atoms with van der Waals surface area (Å²) in [5.74, 6) is 1.34. The molecule has 3 aromatic rings. The molecule has 1 N–H and O–H groups in total. The first-order valence-corrected chi connectivity index (χ1v) is 12.4. The molecule has 3 heterocycles. The van der Waals surface area contributed by atoms with Crippen LogP contribution in [-0.4, -0.2) is 53.5 Å². The fourth-order valence-electron chi connectivity index (χ4n) is 3.91. The summed E-state index contributed by atoms with van der Waals surface area (Å²) in [5.41, 5.74) is 1.63. The van der Waals surface area contributed by atoms with Gasteiger partial charge in [0.2, 0.25) is 10.3 Å². The van der Waals surface area contributed by atoms with Crippen molar-refractivity contribution in [3.05, 3.63) is 47.8 Å². The third kappa shape index (κ3) is 5.65. The Bertz CT molecular complexity index is 1060. The molecule has 1 fully saturated rings. The summed E-state index contributed by atoms with van der Waals surface area (Å²) in [6.45, 7) is 7.61. The Labute approximate surface area is 198 Å². The Kier molecular flexibility index (Phi) is 7.83. The Morgan fingerprint density at radius 1 is 1.03 bits per heavy atom. The SMILES string of the molecule is CCOc1ccc(CCNC(=O)c2cccn2-c2nnc(N3CCCCC3)s2)cc1OCC. The van der Waals surface area contributed by atoms with E-state index in [1.165, 1.54) is 30.6 Å². The van der Waals surface area contributed by atoms with E-state index >= 15 is 0 Å². The van der Waals surface area contributed by atoms with Crippen LogP contribution in [0.1, 0.15) is 49.2 Å². The van der Waals surface area contributed by atoms with E-state index in [0.717, 1.165) is 35.3 Å². The van der Waals surface area contributed by atoms with E-state index in [1.807, 2.05) is 48.9 Å². The van der Waals surface area contributed by atoms with Crippen LogP contribution < -0.4 is 19.7 Å². The predicted molar refractivity (Wildman–Crippen MR) is 130 cm³/mol. The van der Waals surface area contributed by atoms with Gasteiger partial charge in [-0.15, -0.1) is 10.2 Å². The summed E-state index contributed by atoms with van der Waals surface area (Å²) in [5, 5.41) is 13.3. The largest absolute Gasteiger partial charge is 0.490 e. The lowest BCUT2D eigenvalue weighted by Crippen LogP contribution is -2.29. The second-order valence-electron chi connectivity index (χ2n) is 7.83. The number of hydrogen-bond acceptors (Lipinski definition) is 7. The molecule has 1 aromatic carbocycles. The average Bonchev–Trinajstić information content (AvgIpc) is 3.51. The molecule has 1 aliphatic heterocycles. The number of nitrogens with one attached hydrogen (secondary N) is 1. The fraction of sp³-hybridized carbons (Fsp3) is 0.458. The van der Waals surface area contributed by atoms with Crippen LogP contribution in [0, 0.1) is 0 Å². The van der Waals surface area contributed by atoms with Crippen molar-refractivity contribution in [1.29, 1.82) is 0 Å². The number of anilines is 1. The van der Waals surface area contributed by atoms with Gasteiger partial charge in [0.1, 0.15) is 5.69 Å². The van der Waals surface area contributed by atoms with Crippen LogP contribution in [0.15, 0.2) is 36.5 Å². The van der Waals surface area contributed by atoms with Gasteiger partial charge < -0.3 is 19.7 Å². The van der Waals surface area contributed by atoms with Crippen molar-refractivity contribution in [2.75, 3.05) is 37.7 Å². The number of amides is 1. The zero-order chi connectivity index (χ0) is 23.0. The molecule has 4 rings (SSSR count). The summed E-state index contributed by atoms with van der Waals surface area (Å²) in [6, 6.07) is 9.57. The van der Waals surface area contributed by atoms with E-state index in [-0.39, 0.29) is 5.91 Å². The Morgan fingerprint density at radius 3 is 2.58 bits per heavy atom. The van der Waals surface area contributed by atoms with Crippen LogP contribution in [0.4, 0.5) is 5.13 Å². The second kappa shape index (κ2) is 11.2. The van der Waals surface area contributed by atoms with Crippen molar-refractivity contribution in [3.8, 4) is 16.6 Å². The molecule has 176 valence electrons. The van der Waals surface area contributed by atoms with Gasteiger partial charge in [-0.25, -0.2) is 0 Å². The number of rotatable bonds is 10. The van der Waals surface area contributed by atoms with Gasteiger partial charge in [0.25, 0.3) is 5.91 Å². The molecule has 0 radical (unpaired) electrons. The lowest BCUT2D eigenvalue weighted by Gasteiger charge is -2.25. The number of piperidine rings is 1. The highest BCUT2D eigenvalue weighted by Crippen LogP contribution is 2.29. The summed E-state index contributed by atoms with van der Waals surface area (Å²) < 4.78 is 13.1. The first kappa shape index (κ1) is 23.1. The van der Waals surface area contributed by atoms with E-state index in [4.69, 9.17) is 9.47 Å². The van der Waals surface area contributed by atoms with Gasteiger partial charge in [0.15, 0.2) is 11.5 Å². The van der Waals surface area contributed by atoms with E-state index < -0.39 is 0 Å². The smallest absolute Gasteiger partial charge is 0.268 e. The van der Waals surface area contributed by atoms with Gasteiger partial charge in [-0.2, -0.15) is 0 Å². The number of ether oxygens (including phenoxy) is 2. The van der Waals surface area contributed by atoms with Gasteiger partial charge >= 0.3 is 0 Å². The molecule has 9 heteroatoms. The quantitative estimate of drug-likeness (QED) is 0.482. The molecule has 0 bridgehead atoms. The van der Waals surface area contributed by atoms with Gasteiger partial charge in [-0.1, -0.05) is 17.4 Å². The standard InChI is InChI=1S/C24H31N5O3S/c1-3-31-20-11-10-18(17-21(20)32-4-2)12-13-25-22(30)19-9-8-16-29(19)24-27-26-23(33-24)28-14-6-5-7-15-28/h8-11,16-17H,3-7,12-15H2,1-2H3,(H,25,30). The molecule has 8 nitrogen and oxygen atoms in total. The number of carbonyl (C=O) groups excluding carboxylic acids is 1. The Hall–Kier alpha value is -3.07. The zero-order valence-corrected chi connectivity index (χ0v) is 20.1. The van der Waals surface area contributed by atoms with Crippen LogP contribution >= 0.6 is 11.3 Å². The van der Waals surface area contributed by atoms with Crippen molar-refractivity contribution >= 4 is 22.4 Å². The molecule has 33 heavy (non-hydrogen) atoms. The Balaban J connectivity index is 1.37. The molecule has 0 aliphatic carbocycles. The van der Waals surface area contributed by atoms with Crippen molar-refractivity contribution in [2.45, 2.75) is 39.5 Å². The van der Waals surface area contributed by atoms with Crippen LogP contribution in [0.2, 0.25) is 0 Å². The van der Waals surface area contributed by atoms with E-state index in [1.54, 1.807) is 6.07 Å². The highest BCUT2D eigenvalue weighted by molar-refractivity contribution is 7.17. The lowest BCUT2D eigenvalue weighted by molar-refractivity contribution is 0.0947. The maximum atomic E-state index is 12.9.